The van der Waals surface area contributed by atoms with Gasteiger partial charge in [-0.1, -0.05) is 0 Å². The number of halogens is 1. The van der Waals surface area contributed by atoms with Crippen LogP contribution < -0.4 is 0 Å². The van der Waals surface area contributed by atoms with Gasteiger partial charge in [0, 0.05) is 34.4 Å². The fourth-order valence-corrected chi connectivity index (χ4v) is 4.87. The third kappa shape index (κ3) is 3.03. The Morgan fingerprint density at radius 1 is 1.29 bits per heavy atom. The molecular formula is C14H16ClO4S2+. The van der Waals surface area contributed by atoms with E-state index < -0.39 is 19.8 Å². The number of aryl methyl sites for hydroxylation is 1. The second-order valence-corrected chi connectivity index (χ2v) is 8.77. The second kappa shape index (κ2) is 5.74. The van der Waals surface area contributed by atoms with Gasteiger partial charge in [-0.25, -0.2) is 8.42 Å². The van der Waals surface area contributed by atoms with Crippen molar-refractivity contribution in [3.63, 3.8) is 0 Å². The Morgan fingerprint density at radius 2 is 1.86 bits per heavy atom. The van der Waals surface area contributed by atoms with E-state index in [0.29, 0.717) is 35.6 Å². The average Bonchev–Trinajstić information content (AvgIpc) is 2.86. The molecule has 1 aromatic rings. The number of rotatable bonds is 4. The summed E-state index contributed by atoms with van der Waals surface area (Å²) < 4.78 is 35.1. The number of benzene rings is 1. The van der Waals surface area contributed by atoms with Crippen LogP contribution in [0.2, 0.25) is 0 Å². The van der Waals surface area contributed by atoms with Crippen molar-refractivity contribution < 1.29 is 17.4 Å². The molecule has 0 bridgehead atoms. The van der Waals surface area contributed by atoms with Crippen molar-refractivity contribution in [2.75, 3.05) is 6.26 Å². The Labute approximate surface area is 133 Å². The molecule has 0 aromatic heterocycles. The molecule has 7 heteroatoms. The number of hydrogen-bond acceptors (Lipinski definition) is 4. The summed E-state index contributed by atoms with van der Waals surface area (Å²) in [6.45, 7) is 1.70. The van der Waals surface area contributed by atoms with E-state index in [0.717, 1.165) is 19.1 Å². The third-order valence-electron chi connectivity index (χ3n) is 4.00. The van der Waals surface area contributed by atoms with E-state index in [1.165, 1.54) is 6.07 Å². The molecule has 0 radical (unpaired) electrons. The molecule has 114 valence electrons. The van der Waals surface area contributed by atoms with Gasteiger partial charge in [0.1, 0.15) is 0 Å². The van der Waals surface area contributed by atoms with Crippen LogP contribution in [0.5, 0.6) is 0 Å². The summed E-state index contributed by atoms with van der Waals surface area (Å²) in [5, 5.41) is -0.695. The van der Waals surface area contributed by atoms with Crippen molar-refractivity contribution >= 4 is 38.3 Å². The minimum absolute atomic E-state index is 0.0438. The number of carbonyl (C=O) groups excluding carboxylic acids is 1. The maximum atomic E-state index is 12.1. The molecule has 1 aliphatic rings. The van der Waals surface area contributed by atoms with Gasteiger partial charge in [0.15, 0.2) is 9.84 Å². The fraction of sp³-hybridized carbons (Fsp3) is 0.500. The fourth-order valence-electron chi connectivity index (χ4n) is 2.91. The summed E-state index contributed by atoms with van der Waals surface area (Å²) in [7, 11) is -3.55. The van der Waals surface area contributed by atoms with E-state index >= 15 is 0 Å². The predicted molar refractivity (Wildman–Crippen MR) is 82.7 cm³/mol. The summed E-state index contributed by atoms with van der Waals surface area (Å²) in [6, 6.07) is 2.95. The van der Waals surface area contributed by atoms with Gasteiger partial charge >= 0.3 is 11.7 Å². The largest absolute Gasteiger partial charge is 0.470 e. The van der Waals surface area contributed by atoms with Gasteiger partial charge in [-0.15, -0.1) is 0 Å². The van der Waals surface area contributed by atoms with Crippen LogP contribution in [-0.4, -0.2) is 19.9 Å². The number of sulfone groups is 1. The smallest absolute Gasteiger partial charge is 0.276 e. The molecule has 2 rings (SSSR count). The highest BCUT2D eigenvalue weighted by atomic mass is 35.5. The lowest BCUT2D eigenvalue weighted by Crippen LogP contribution is -2.24. The minimum atomic E-state index is -3.55. The van der Waals surface area contributed by atoms with Gasteiger partial charge in [-0.2, -0.15) is 0 Å². The molecule has 0 heterocycles. The van der Waals surface area contributed by atoms with Crippen LogP contribution in [0.1, 0.15) is 47.2 Å². The van der Waals surface area contributed by atoms with Crippen molar-refractivity contribution in [2.24, 2.45) is 0 Å². The van der Waals surface area contributed by atoms with Crippen LogP contribution in [-0.2, 0) is 30.5 Å². The average molecular weight is 348 g/mol. The second-order valence-electron chi connectivity index (χ2n) is 5.49. The monoisotopic (exact) mass is 347 g/mol. The summed E-state index contributed by atoms with van der Waals surface area (Å²) in [5.41, 5.74) is 1.28. The van der Waals surface area contributed by atoms with Crippen molar-refractivity contribution in [3.8, 4) is 0 Å². The van der Waals surface area contributed by atoms with Crippen LogP contribution in [0.3, 0.4) is 0 Å². The Hall–Kier alpha value is -0.850. The first-order chi connectivity index (χ1) is 9.71. The molecule has 0 atom stereocenters. The van der Waals surface area contributed by atoms with Crippen LogP contribution in [0.15, 0.2) is 17.0 Å². The molecular weight excluding hydrogens is 332 g/mol. The molecule has 0 N–H and O–H groups in total. The number of carbonyl (C=O) groups is 1. The van der Waals surface area contributed by atoms with Gasteiger partial charge < -0.3 is 0 Å². The van der Waals surface area contributed by atoms with E-state index in [1.54, 1.807) is 13.0 Å². The van der Waals surface area contributed by atoms with Crippen molar-refractivity contribution in [1.29, 1.82) is 0 Å². The zero-order valence-electron chi connectivity index (χ0n) is 11.8. The van der Waals surface area contributed by atoms with Crippen molar-refractivity contribution in [3.05, 3.63) is 28.8 Å². The van der Waals surface area contributed by atoms with E-state index in [1.807, 2.05) is 0 Å². The maximum absolute atomic E-state index is 12.1. The Kier molecular flexibility index (Phi) is 4.52. The molecule has 21 heavy (non-hydrogen) atoms. The topological polar surface area (TPSA) is 68.3 Å². The van der Waals surface area contributed by atoms with Crippen molar-refractivity contribution in [1.82, 2.24) is 0 Å². The van der Waals surface area contributed by atoms with Gasteiger partial charge in [0.05, 0.1) is 4.90 Å². The first-order valence-corrected chi connectivity index (χ1v) is 9.58. The van der Waals surface area contributed by atoms with Crippen LogP contribution >= 0.6 is 11.6 Å². The normalized spacial score (nSPS) is 17.7. The summed E-state index contributed by atoms with van der Waals surface area (Å²) in [6.07, 6.45) is 4.18. The Morgan fingerprint density at radius 3 is 2.29 bits per heavy atom. The van der Waals surface area contributed by atoms with E-state index in [-0.39, 0.29) is 10.5 Å². The summed E-state index contributed by atoms with van der Waals surface area (Å²) in [4.78, 5) is 11.5. The number of hydrogen-bond donors (Lipinski definition) is 0. The predicted octanol–water partition coefficient (Wildman–Crippen LogP) is 2.97. The zero-order valence-corrected chi connectivity index (χ0v) is 14.2. The first kappa shape index (κ1) is 16.5. The highest BCUT2D eigenvalue weighted by Gasteiger charge is 2.51. The molecule has 1 aliphatic carbocycles. The van der Waals surface area contributed by atoms with E-state index in [2.05, 4.69) is 0 Å². The quantitative estimate of drug-likeness (QED) is 0.620. The molecule has 1 fully saturated rings. The molecule has 0 aliphatic heterocycles. The minimum Gasteiger partial charge on any atom is -0.276 e. The molecule has 1 saturated carbocycles. The van der Waals surface area contributed by atoms with Gasteiger partial charge in [0.25, 0.3) is 9.99 Å². The van der Waals surface area contributed by atoms with E-state index in [4.69, 9.17) is 11.6 Å². The van der Waals surface area contributed by atoms with Gasteiger partial charge in [-0.05, 0) is 49.1 Å². The molecule has 0 saturated heterocycles. The SMILES string of the molecule is Cc1cc(C2([S+]=O)CCCC2)c(S(C)(=O)=O)cc1C(=O)Cl. The molecule has 0 amide bonds. The summed E-state index contributed by atoms with van der Waals surface area (Å²) >= 11 is 5.96. The Balaban J connectivity index is 2.79. The van der Waals surface area contributed by atoms with Gasteiger partial charge in [0.2, 0.25) is 0 Å². The molecule has 0 spiro atoms. The van der Waals surface area contributed by atoms with Crippen molar-refractivity contribution in [2.45, 2.75) is 42.2 Å². The van der Waals surface area contributed by atoms with E-state index in [9.17, 15) is 17.4 Å². The van der Waals surface area contributed by atoms with Crippen LogP contribution in [0.4, 0.5) is 0 Å². The third-order valence-corrected chi connectivity index (χ3v) is 6.29. The zero-order chi connectivity index (χ0) is 15.8. The van der Waals surface area contributed by atoms with Gasteiger partial charge in [-0.3, -0.25) is 4.79 Å². The highest BCUT2D eigenvalue weighted by Crippen LogP contribution is 2.44. The Bertz CT molecular complexity index is 704. The lowest BCUT2D eigenvalue weighted by atomic mass is 9.93. The first-order valence-electron chi connectivity index (χ1n) is 6.57. The molecule has 0 unspecified atom stereocenters. The molecule has 4 nitrogen and oxygen atoms in total. The highest BCUT2D eigenvalue weighted by molar-refractivity contribution is 7.90. The maximum Gasteiger partial charge on any atom is 0.470 e. The molecule has 1 aromatic carbocycles. The lowest BCUT2D eigenvalue weighted by molar-refractivity contribution is 0.108. The van der Waals surface area contributed by atoms with Crippen LogP contribution in [0, 0.1) is 6.92 Å². The summed E-state index contributed by atoms with van der Waals surface area (Å²) in [5.74, 6) is 0. The van der Waals surface area contributed by atoms with Crippen LogP contribution in [0.25, 0.3) is 0 Å². The lowest BCUT2D eigenvalue weighted by Gasteiger charge is -2.17. The standard InChI is InChI=1S/C14H16ClO4S2/c1-9-7-11(14(20-17)5-3-4-6-14)12(21(2,18)19)8-10(9)13(15)16/h7-8H,3-6H2,1-2H3/q+1.